The molecule has 0 aliphatic rings. The van der Waals surface area contributed by atoms with E-state index in [0.717, 1.165) is 16.8 Å². The second-order valence-electron chi connectivity index (χ2n) is 8.65. The molecule has 3 aromatic carbocycles. The molecule has 8 nitrogen and oxygen atoms in total. The molecule has 0 aliphatic heterocycles. The van der Waals surface area contributed by atoms with Crippen LogP contribution >= 0.6 is 0 Å². The second kappa shape index (κ2) is 16.1. The van der Waals surface area contributed by atoms with Crippen LogP contribution in [0.1, 0.15) is 24.5 Å². The summed E-state index contributed by atoms with van der Waals surface area (Å²) in [5, 5.41) is 12.2. The first-order chi connectivity index (χ1) is 18.5. The number of aliphatic carboxylic acids is 1. The summed E-state index contributed by atoms with van der Waals surface area (Å²) in [5.74, 6) is -0.335. The predicted octanol–water partition coefficient (Wildman–Crippen LogP) is 5.24. The number of hydrogen-bond donors (Lipinski definition) is 2. The van der Waals surface area contributed by atoms with Crippen molar-refractivity contribution in [3.05, 3.63) is 96.1 Å². The van der Waals surface area contributed by atoms with Gasteiger partial charge in [0, 0.05) is 31.9 Å². The third kappa shape index (κ3) is 10.2. The van der Waals surface area contributed by atoms with E-state index in [1.165, 1.54) is 0 Å². The molecule has 0 aliphatic carbocycles. The molecule has 2 amide bonds. The summed E-state index contributed by atoms with van der Waals surface area (Å²) in [6.07, 6.45) is 0.0949. The highest BCUT2D eigenvalue weighted by Crippen LogP contribution is 2.15. The first-order valence-corrected chi connectivity index (χ1v) is 12.8. The van der Waals surface area contributed by atoms with Crippen LogP contribution in [0, 0.1) is 0 Å². The molecule has 8 heteroatoms. The first-order valence-electron chi connectivity index (χ1n) is 12.8. The number of carbonyl (C=O) groups is 2. The van der Waals surface area contributed by atoms with E-state index < -0.39 is 12.1 Å². The van der Waals surface area contributed by atoms with Crippen LogP contribution in [-0.2, 0) is 27.3 Å². The zero-order chi connectivity index (χ0) is 27.0. The molecule has 0 fully saturated rings. The lowest BCUT2D eigenvalue weighted by Crippen LogP contribution is -2.39. The van der Waals surface area contributed by atoms with Gasteiger partial charge in [-0.1, -0.05) is 60.7 Å². The van der Waals surface area contributed by atoms with Gasteiger partial charge in [0.15, 0.2) is 6.10 Å². The van der Waals surface area contributed by atoms with Gasteiger partial charge < -0.3 is 29.5 Å². The fourth-order valence-corrected chi connectivity index (χ4v) is 3.79. The van der Waals surface area contributed by atoms with E-state index in [-0.39, 0.29) is 12.5 Å². The number of benzene rings is 3. The molecule has 3 rings (SSSR count). The number of rotatable bonds is 16. The Balaban J connectivity index is 1.49. The molecule has 0 saturated heterocycles. The Kier molecular flexibility index (Phi) is 12.1. The van der Waals surface area contributed by atoms with E-state index in [1.54, 1.807) is 24.0 Å². The summed E-state index contributed by atoms with van der Waals surface area (Å²) >= 11 is 0. The van der Waals surface area contributed by atoms with Crippen LogP contribution in [-0.4, -0.2) is 61.0 Å². The number of amides is 2. The maximum absolute atomic E-state index is 13.0. The number of carboxylic acids is 1. The third-order valence-corrected chi connectivity index (χ3v) is 5.76. The Morgan fingerprint density at radius 1 is 0.868 bits per heavy atom. The second-order valence-corrected chi connectivity index (χ2v) is 8.65. The van der Waals surface area contributed by atoms with Gasteiger partial charge in [-0.25, -0.2) is 9.59 Å². The predicted molar refractivity (Wildman–Crippen MR) is 146 cm³/mol. The average molecular weight is 521 g/mol. The average Bonchev–Trinajstić information content (AvgIpc) is 2.93. The van der Waals surface area contributed by atoms with Crippen molar-refractivity contribution in [1.82, 2.24) is 4.90 Å². The Morgan fingerprint density at radius 3 is 2.21 bits per heavy atom. The monoisotopic (exact) mass is 520 g/mol. The molecule has 0 spiro atoms. The number of ether oxygens (including phenoxy) is 3. The van der Waals surface area contributed by atoms with Crippen LogP contribution in [0.4, 0.5) is 10.5 Å². The van der Waals surface area contributed by atoms with Gasteiger partial charge in [0.1, 0.15) is 12.4 Å². The summed E-state index contributed by atoms with van der Waals surface area (Å²) in [6.45, 7) is 4.40. The van der Waals surface area contributed by atoms with E-state index in [9.17, 15) is 14.7 Å². The number of urea groups is 1. The number of carboxylic acid groups (broad SMARTS) is 1. The van der Waals surface area contributed by atoms with Gasteiger partial charge in [-0.3, -0.25) is 0 Å². The Hall–Kier alpha value is -3.88. The molecule has 1 atom stereocenters. The number of nitrogens with zero attached hydrogens (tertiary/aromatic N) is 1. The quantitative estimate of drug-likeness (QED) is 0.251. The van der Waals surface area contributed by atoms with Gasteiger partial charge >= 0.3 is 12.0 Å². The highest BCUT2D eigenvalue weighted by molar-refractivity contribution is 5.89. The van der Waals surface area contributed by atoms with Crippen LogP contribution in [0.5, 0.6) is 5.75 Å². The minimum Gasteiger partial charge on any atom is -0.492 e. The largest absolute Gasteiger partial charge is 0.492 e. The number of hydrogen-bond acceptors (Lipinski definition) is 5. The van der Waals surface area contributed by atoms with E-state index in [4.69, 9.17) is 14.2 Å². The fraction of sp³-hybridized carbons (Fsp3) is 0.333. The summed E-state index contributed by atoms with van der Waals surface area (Å²) in [4.78, 5) is 26.0. The number of para-hydroxylation sites is 1. The van der Waals surface area contributed by atoms with Crippen molar-refractivity contribution in [1.29, 1.82) is 0 Å². The van der Waals surface area contributed by atoms with Crippen molar-refractivity contribution < 1.29 is 28.9 Å². The van der Waals surface area contributed by atoms with Gasteiger partial charge in [0.05, 0.1) is 13.2 Å². The Labute approximate surface area is 224 Å². The maximum Gasteiger partial charge on any atom is 0.333 e. The zero-order valence-electron chi connectivity index (χ0n) is 21.8. The molecule has 38 heavy (non-hydrogen) atoms. The molecule has 1 unspecified atom stereocenters. The number of anilines is 1. The molecule has 0 aromatic heterocycles. The fourth-order valence-electron chi connectivity index (χ4n) is 3.79. The summed E-state index contributed by atoms with van der Waals surface area (Å²) in [6, 6.07) is 26.4. The molecule has 0 bridgehead atoms. The van der Waals surface area contributed by atoms with E-state index in [2.05, 4.69) is 5.32 Å². The van der Waals surface area contributed by atoms with Crippen LogP contribution in [0.3, 0.4) is 0 Å². The van der Waals surface area contributed by atoms with Crippen molar-refractivity contribution >= 4 is 17.7 Å². The van der Waals surface area contributed by atoms with Gasteiger partial charge in [-0.15, -0.1) is 0 Å². The number of carbonyl (C=O) groups excluding carboxylic acids is 1. The molecular weight excluding hydrogens is 484 g/mol. The van der Waals surface area contributed by atoms with Crippen molar-refractivity contribution in [3.63, 3.8) is 0 Å². The molecule has 2 N–H and O–H groups in total. The maximum atomic E-state index is 13.0. The summed E-state index contributed by atoms with van der Waals surface area (Å²) < 4.78 is 16.9. The van der Waals surface area contributed by atoms with Crippen molar-refractivity contribution in [2.24, 2.45) is 0 Å². The van der Waals surface area contributed by atoms with Crippen LogP contribution in [0.25, 0.3) is 0 Å². The molecule has 3 aromatic rings. The van der Waals surface area contributed by atoms with Gasteiger partial charge in [-0.05, 0) is 48.7 Å². The normalized spacial score (nSPS) is 11.5. The van der Waals surface area contributed by atoms with Gasteiger partial charge in [0.25, 0.3) is 0 Å². The molecule has 202 valence electrons. The molecule has 0 radical (unpaired) electrons. The van der Waals surface area contributed by atoms with Crippen LogP contribution < -0.4 is 10.1 Å². The van der Waals surface area contributed by atoms with Gasteiger partial charge in [-0.2, -0.15) is 0 Å². The van der Waals surface area contributed by atoms with Crippen LogP contribution in [0.15, 0.2) is 84.9 Å². The summed E-state index contributed by atoms with van der Waals surface area (Å²) in [7, 11) is 0. The highest BCUT2D eigenvalue weighted by atomic mass is 16.5. The SMILES string of the molecule is CCOC(Cc1ccc(OCCN(CCCOCc2ccccc2)C(=O)Nc2ccccc2)cc1)C(=O)O. The highest BCUT2D eigenvalue weighted by Gasteiger charge is 2.18. The zero-order valence-corrected chi connectivity index (χ0v) is 21.8. The lowest BCUT2D eigenvalue weighted by atomic mass is 10.1. The molecule has 0 saturated carbocycles. The van der Waals surface area contributed by atoms with E-state index in [0.29, 0.717) is 51.7 Å². The molecular formula is C30H36N2O6. The molecule has 0 heterocycles. The minimum absolute atomic E-state index is 0.200. The van der Waals surface area contributed by atoms with E-state index >= 15 is 0 Å². The van der Waals surface area contributed by atoms with Crippen molar-refractivity contribution in [2.75, 3.05) is 38.2 Å². The van der Waals surface area contributed by atoms with Crippen LogP contribution in [0.2, 0.25) is 0 Å². The lowest BCUT2D eigenvalue weighted by molar-refractivity contribution is -0.149. The number of nitrogens with one attached hydrogen (secondary N) is 1. The smallest absolute Gasteiger partial charge is 0.333 e. The Morgan fingerprint density at radius 2 is 1.55 bits per heavy atom. The van der Waals surface area contributed by atoms with Crippen molar-refractivity contribution in [3.8, 4) is 5.75 Å². The van der Waals surface area contributed by atoms with Gasteiger partial charge in [0.2, 0.25) is 0 Å². The third-order valence-electron chi connectivity index (χ3n) is 5.76. The van der Waals surface area contributed by atoms with Crippen molar-refractivity contribution in [2.45, 2.75) is 32.5 Å². The standard InChI is InChI=1S/C30H36N2O6/c1-2-37-28(29(33)34)22-24-14-16-27(17-15-24)38-21-19-32(30(35)31-26-12-7-4-8-13-26)18-9-20-36-23-25-10-5-3-6-11-25/h3-8,10-17,28H,2,9,18-23H2,1H3,(H,31,35)(H,33,34). The lowest BCUT2D eigenvalue weighted by Gasteiger charge is -2.23. The Bertz CT molecular complexity index is 1090. The minimum atomic E-state index is -0.980. The first kappa shape index (κ1) is 28.7. The van der Waals surface area contributed by atoms with E-state index in [1.807, 2.05) is 72.8 Å². The topological polar surface area (TPSA) is 97.3 Å². The summed E-state index contributed by atoms with van der Waals surface area (Å²) in [5.41, 5.74) is 2.69.